The zero-order valence-electron chi connectivity index (χ0n) is 11.8. The lowest BCUT2D eigenvalue weighted by Crippen LogP contribution is -2.54. The van der Waals surface area contributed by atoms with Gasteiger partial charge in [-0.05, 0) is 51.2 Å². The van der Waals surface area contributed by atoms with E-state index < -0.39 is 15.7 Å². The summed E-state index contributed by atoms with van der Waals surface area (Å²) in [5.74, 6) is 0. The van der Waals surface area contributed by atoms with Crippen molar-refractivity contribution < 1.29 is 13.2 Å². The number of nitrogens with zero attached hydrogens (tertiary/aromatic N) is 1. The van der Waals surface area contributed by atoms with Crippen LogP contribution in [0.2, 0.25) is 0 Å². The Morgan fingerprint density at radius 1 is 1.10 bits per heavy atom. The molecule has 2 aliphatic rings. The van der Waals surface area contributed by atoms with Crippen LogP contribution in [0.5, 0.6) is 0 Å². The second kappa shape index (κ2) is 5.13. The lowest BCUT2D eigenvalue weighted by atomic mass is 9.98. The first-order valence-corrected chi connectivity index (χ1v) is 8.72. The van der Waals surface area contributed by atoms with E-state index in [-0.39, 0.29) is 0 Å². The smallest absolute Gasteiger partial charge is 0.245 e. The number of sulfonamides is 1. The van der Waals surface area contributed by atoms with Crippen LogP contribution in [-0.4, -0.2) is 31.6 Å². The predicted octanol–water partition coefficient (Wildman–Crippen LogP) is 2.68. The van der Waals surface area contributed by atoms with Gasteiger partial charge in [-0.1, -0.05) is 17.7 Å². The van der Waals surface area contributed by atoms with Crippen molar-refractivity contribution in [2.24, 2.45) is 0 Å². The van der Waals surface area contributed by atoms with Gasteiger partial charge in [-0.15, -0.1) is 0 Å². The fourth-order valence-electron chi connectivity index (χ4n) is 3.24. The maximum absolute atomic E-state index is 12.9. The van der Waals surface area contributed by atoms with Crippen LogP contribution in [0.1, 0.15) is 37.7 Å². The van der Waals surface area contributed by atoms with E-state index in [9.17, 15) is 8.42 Å². The van der Waals surface area contributed by atoms with Crippen LogP contribution in [-0.2, 0) is 14.8 Å². The van der Waals surface area contributed by atoms with Gasteiger partial charge in [0.1, 0.15) is 5.72 Å². The van der Waals surface area contributed by atoms with E-state index in [1.54, 1.807) is 16.4 Å². The predicted molar refractivity (Wildman–Crippen MR) is 76.8 cm³/mol. The number of aryl methyl sites for hydroxylation is 1. The Labute approximate surface area is 120 Å². The van der Waals surface area contributed by atoms with E-state index in [0.29, 0.717) is 18.0 Å². The van der Waals surface area contributed by atoms with Gasteiger partial charge in [0.2, 0.25) is 10.0 Å². The molecule has 0 aliphatic carbocycles. The fraction of sp³-hybridized carbons (Fsp3) is 0.600. The third-order valence-electron chi connectivity index (χ3n) is 4.32. The molecule has 2 heterocycles. The summed E-state index contributed by atoms with van der Waals surface area (Å²) in [6, 6.07) is 7.09. The van der Waals surface area contributed by atoms with Crippen LogP contribution in [0, 0.1) is 6.92 Å². The molecule has 1 spiro atoms. The van der Waals surface area contributed by atoms with Gasteiger partial charge in [-0.25, -0.2) is 8.42 Å². The molecule has 0 radical (unpaired) electrons. The highest BCUT2D eigenvalue weighted by Crippen LogP contribution is 2.40. The monoisotopic (exact) mass is 295 g/mol. The van der Waals surface area contributed by atoms with E-state index in [4.69, 9.17) is 4.74 Å². The van der Waals surface area contributed by atoms with Crippen LogP contribution in [0.25, 0.3) is 0 Å². The molecule has 110 valence electrons. The zero-order valence-corrected chi connectivity index (χ0v) is 12.7. The first-order chi connectivity index (χ1) is 9.55. The van der Waals surface area contributed by atoms with Crippen molar-refractivity contribution in [1.29, 1.82) is 0 Å². The molecular weight excluding hydrogens is 274 g/mol. The number of hydrogen-bond acceptors (Lipinski definition) is 3. The molecule has 1 aromatic rings. The van der Waals surface area contributed by atoms with Crippen LogP contribution in [0.15, 0.2) is 29.2 Å². The van der Waals surface area contributed by atoms with Crippen molar-refractivity contribution in [3.63, 3.8) is 0 Å². The summed E-state index contributed by atoms with van der Waals surface area (Å²) >= 11 is 0. The van der Waals surface area contributed by atoms with Crippen LogP contribution >= 0.6 is 0 Å². The van der Waals surface area contributed by atoms with Crippen LogP contribution in [0.3, 0.4) is 0 Å². The molecule has 0 aromatic heterocycles. The lowest BCUT2D eigenvalue weighted by molar-refractivity contribution is -0.101. The SMILES string of the molecule is Cc1ccc(S(=O)(=O)N2CCCCC23CCCO3)cc1. The van der Waals surface area contributed by atoms with Crippen molar-refractivity contribution in [2.45, 2.75) is 49.6 Å². The topological polar surface area (TPSA) is 46.6 Å². The second-order valence-corrected chi connectivity index (χ2v) is 7.61. The molecule has 1 aromatic carbocycles. The molecule has 1 unspecified atom stereocenters. The normalized spacial score (nSPS) is 28.1. The summed E-state index contributed by atoms with van der Waals surface area (Å²) < 4.78 is 33.3. The number of piperidine rings is 1. The standard InChI is InChI=1S/C15H21NO3S/c1-13-5-7-14(8-6-13)20(17,18)16-11-3-2-9-15(16)10-4-12-19-15/h5-8H,2-4,9-12H2,1H3. The maximum Gasteiger partial charge on any atom is 0.245 e. The van der Waals surface area contributed by atoms with Crippen molar-refractivity contribution >= 4 is 10.0 Å². The van der Waals surface area contributed by atoms with Gasteiger partial charge in [-0.3, -0.25) is 0 Å². The van der Waals surface area contributed by atoms with Gasteiger partial charge < -0.3 is 4.74 Å². The van der Waals surface area contributed by atoms with E-state index >= 15 is 0 Å². The Kier molecular flexibility index (Phi) is 3.60. The first-order valence-electron chi connectivity index (χ1n) is 7.28. The molecule has 5 heteroatoms. The lowest BCUT2D eigenvalue weighted by Gasteiger charge is -2.42. The minimum atomic E-state index is -3.46. The highest BCUT2D eigenvalue weighted by Gasteiger charge is 2.48. The van der Waals surface area contributed by atoms with E-state index in [0.717, 1.165) is 37.7 Å². The summed E-state index contributed by atoms with van der Waals surface area (Å²) in [6.45, 7) is 3.19. The highest BCUT2D eigenvalue weighted by molar-refractivity contribution is 7.89. The van der Waals surface area contributed by atoms with Crippen molar-refractivity contribution in [3.8, 4) is 0 Å². The molecule has 0 bridgehead atoms. The number of benzene rings is 1. The third-order valence-corrected chi connectivity index (χ3v) is 6.29. The Hall–Kier alpha value is -0.910. The molecule has 2 aliphatic heterocycles. The Bertz CT molecular complexity index is 574. The van der Waals surface area contributed by atoms with Gasteiger partial charge in [0, 0.05) is 13.2 Å². The van der Waals surface area contributed by atoms with Gasteiger partial charge in [-0.2, -0.15) is 4.31 Å². The highest BCUT2D eigenvalue weighted by atomic mass is 32.2. The maximum atomic E-state index is 12.9. The first kappa shape index (κ1) is 14.0. The molecular formula is C15H21NO3S. The van der Waals surface area contributed by atoms with Gasteiger partial charge in [0.15, 0.2) is 0 Å². The number of rotatable bonds is 2. The summed E-state index contributed by atoms with van der Waals surface area (Å²) in [6.07, 6.45) is 4.53. The van der Waals surface area contributed by atoms with Crippen molar-refractivity contribution in [2.75, 3.05) is 13.2 Å². The molecule has 4 nitrogen and oxygen atoms in total. The summed E-state index contributed by atoms with van der Waals surface area (Å²) in [5, 5.41) is 0. The Balaban J connectivity index is 1.98. The minimum absolute atomic E-state index is 0.375. The van der Waals surface area contributed by atoms with Crippen molar-refractivity contribution in [1.82, 2.24) is 4.31 Å². The van der Waals surface area contributed by atoms with Crippen LogP contribution < -0.4 is 0 Å². The average molecular weight is 295 g/mol. The summed E-state index contributed by atoms with van der Waals surface area (Å²) in [5.41, 5.74) is 0.483. The molecule has 2 fully saturated rings. The third kappa shape index (κ3) is 2.28. The number of ether oxygens (including phenoxy) is 1. The zero-order chi connectivity index (χ0) is 14.2. The molecule has 3 rings (SSSR count). The molecule has 0 N–H and O–H groups in total. The van der Waals surface area contributed by atoms with Gasteiger partial charge in [0.05, 0.1) is 4.90 Å². The summed E-state index contributed by atoms with van der Waals surface area (Å²) in [7, 11) is -3.46. The van der Waals surface area contributed by atoms with E-state index in [1.807, 2.05) is 19.1 Å². The fourth-order valence-corrected chi connectivity index (χ4v) is 5.02. The number of hydrogen-bond donors (Lipinski definition) is 0. The molecule has 2 saturated heterocycles. The Morgan fingerprint density at radius 3 is 2.45 bits per heavy atom. The molecule has 20 heavy (non-hydrogen) atoms. The van der Waals surface area contributed by atoms with E-state index in [2.05, 4.69) is 0 Å². The molecule has 1 atom stereocenters. The van der Waals surface area contributed by atoms with E-state index in [1.165, 1.54) is 0 Å². The minimum Gasteiger partial charge on any atom is -0.359 e. The van der Waals surface area contributed by atoms with Crippen molar-refractivity contribution in [3.05, 3.63) is 29.8 Å². The largest absolute Gasteiger partial charge is 0.359 e. The molecule has 0 amide bonds. The van der Waals surface area contributed by atoms with Crippen LogP contribution in [0.4, 0.5) is 0 Å². The van der Waals surface area contributed by atoms with Gasteiger partial charge in [0.25, 0.3) is 0 Å². The Morgan fingerprint density at radius 2 is 1.80 bits per heavy atom. The average Bonchev–Trinajstić information content (AvgIpc) is 2.88. The van der Waals surface area contributed by atoms with Gasteiger partial charge >= 0.3 is 0 Å². The quantitative estimate of drug-likeness (QED) is 0.842. The molecule has 0 saturated carbocycles. The summed E-state index contributed by atoms with van der Waals surface area (Å²) in [4.78, 5) is 0.375. The second-order valence-electron chi connectivity index (χ2n) is 5.75.